The van der Waals surface area contributed by atoms with Crippen LogP contribution in [0.1, 0.15) is 5.56 Å². The number of fused-ring (bicyclic) bond motifs is 1. The van der Waals surface area contributed by atoms with E-state index in [2.05, 4.69) is 21.3 Å². The van der Waals surface area contributed by atoms with Gasteiger partial charge in [-0.1, -0.05) is 42.5 Å². The molecular formula is C20H21N3O2S. The third-order valence-electron chi connectivity index (χ3n) is 4.68. The van der Waals surface area contributed by atoms with E-state index in [0.29, 0.717) is 0 Å². The molecule has 5 nitrogen and oxygen atoms in total. The number of hydrogen-bond acceptors (Lipinski definition) is 5. The molecule has 0 saturated carbocycles. The quantitative estimate of drug-likeness (QED) is 0.768. The highest BCUT2D eigenvalue weighted by Crippen LogP contribution is 2.28. The number of sulfone groups is 1. The lowest BCUT2D eigenvalue weighted by molar-refractivity contribution is 0.590. The molecule has 1 aliphatic heterocycles. The first kappa shape index (κ1) is 17.0. The predicted molar refractivity (Wildman–Crippen MR) is 104 cm³/mol. The highest BCUT2D eigenvalue weighted by molar-refractivity contribution is 7.90. The smallest absolute Gasteiger partial charge is 0.184 e. The molecule has 6 heteroatoms. The van der Waals surface area contributed by atoms with Crippen LogP contribution in [0.25, 0.3) is 10.9 Å². The van der Waals surface area contributed by atoms with Gasteiger partial charge >= 0.3 is 0 Å². The Kier molecular flexibility index (Phi) is 4.61. The minimum Gasteiger partial charge on any atom is -0.367 e. The van der Waals surface area contributed by atoms with E-state index in [1.807, 2.05) is 42.5 Å². The van der Waals surface area contributed by atoms with Gasteiger partial charge in [0.15, 0.2) is 9.84 Å². The van der Waals surface area contributed by atoms with Crippen LogP contribution in [0, 0.1) is 0 Å². The average molecular weight is 367 g/mol. The SMILES string of the molecule is O=S(=O)(Cc1ccccc1)c1cnc2c(N3CCNCC3)cccc2c1. The molecule has 0 radical (unpaired) electrons. The van der Waals surface area contributed by atoms with Crippen molar-refractivity contribution in [2.45, 2.75) is 10.6 Å². The first-order valence-corrected chi connectivity index (χ1v) is 10.4. The standard InChI is InChI=1S/C20H21N3O2S/c24-26(25,15-16-5-2-1-3-6-16)18-13-17-7-4-8-19(20(17)22-14-18)23-11-9-21-10-12-23/h1-8,13-14,21H,9-12,15H2. The normalized spacial score (nSPS) is 15.3. The first-order valence-electron chi connectivity index (χ1n) is 8.75. The second-order valence-electron chi connectivity index (χ2n) is 6.50. The molecule has 26 heavy (non-hydrogen) atoms. The van der Waals surface area contributed by atoms with E-state index in [9.17, 15) is 8.42 Å². The molecule has 3 aromatic rings. The molecule has 0 aliphatic carbocycles. The van der Waals surface area contributed by atoms with Crippen molar-refractivity contribution in [3.63, 3.8) is 0 Å². The summed E-state index contributed by atoms with van der Waals surface area (Å²) in [6.45, 7) is 3.74. The van der Waals surface area contributed by atoms with Crippen LogP contribution in [0.4, 0.5) is 5.69 Å². The number of nitrogens with one attached hydrogen (secondary N) is 1. The van der Waals surface area contributed by atoms with E-state index in [1.54, 1.807) is 6.07 Å². The summed E-state index contributed by atoms with van der Waals surface area (Å²) < 4.78 is 25.5. The molecule has 2 aromatic carbocycles. The third kappa shape index (κ3) is 3.43. The Hall–Kier alpha value is -2.44. The van der Waals surface area contributed by atoms with Crippen LogP contribution in [0.15, 0.2) is 65.7 Å². The second-order valence-corrected chi connectivity index (χ2v) is 8.49. The highest BCUT2D eigenvalue weighted by atomic mass is 32.2. The number of anilines is 1. The molecule has 134 valence electrons. The van der Waals surface area contributed by atoms with Gasteiger partial charge < -0.3 is 10.2 Å². The lowest BCUT2D eigenvalue weighted by Gasteiger charge is -2.30. The number of pyridine rings is 1. The monoisotopic (exact) mass is 367 g/mol. The Bertz CT molecular complexity index is 1010. The molecule has 1 fully saturated rings. The minimum atomic E-state index is -3.43. The maximum absolute atomic E-state index is 12.8. The number of benzene rings is 2. The van der Waals surface area contributed by atoms with Crippen LogP contribution in [-0.4, -0.2) is 39.6 Å². The van der Waals surface area contributed by atoms with E-state index in [0.717, 1.165) is 48.3 Å². The van der Waals surface area contributed by atoms with Gasteiger partial charge in [-0.25, -0.2) is 8.42 Å². The Morgan fingerprint density at radius 1 is 1.00 bits per heavy atom. The Labute approximate surface area is 153 Å². The zero-order chi connectivity index (χ0) is 18.0. The lowest BCUT2D eigenvalue weighted by Crippen LogP contribution is -2.43. The van der Waals surface area contributed by atoms with Gasteiger partial charge in [0, 0.05) is 37.8 Å². The van der Waals surface area contributed by atoms with E-state index in [4.69, 9.17) is 0 Å². The van der Waals surface area contributed by atoms with Crippen LogP contribution in [0.3, 0.4) is 0 Å². The van der Waals surface area contributed by atoms with Crippen LogP contribution in [-0.2, 0) is 15.6 Å². The van der Waals surface area contributed by atoms with Gasteiger partial charge in [0.1, 0.15) is 0 Å². The summed E-state index contributed by atoms with van der Waals surface area (Å²) in [6, 6.07) is 16.9. The molecule has 2 heterocycles. The number of rotatable bonds is 4. The van der Waals surface area contributed by atoms with E-state index < -0.39 is 9.84 Å². The summed E-state index contributed by atoms with van der Waals surface area (Å²) in [4.78, 5) is 7.09. The second kappa shape index (κ2) is 7.05. The Balaban J connectivity index is 1.69. The lowest BCUT2D eigenvalue weighted by atomic mass is 10.1. The Morgan fingerprint density at radius 2 is 1.77 bits per heavy atom. The van der Waals surface area contributed by atoms with Crippen molar-refractivity contribution in [2.75, 3.05) is 31.1 Å². The maximum Gasteiger partial charge on any atom is 0.184 e. The van der Waals surface area contributed by atoms with Gasteiger partial charge in [0.05, 0.1) is 21.9 Å². The van der Waals surface area contributed by atoms with Crippen molar-refractivity contribution in [1.29, 1.82) is 0 Å². The van der Waals surface area contributed by atoms with Crippen molar-refractivity contribution in [2.24, 2.45) is 0 Å². The zero-order valence-corrected chi connectivity index (χ0v) is 15.2. The molecule has 1 saturated heterocycles. The van der Waals surface area contributed by atoms with Crippen molar-refractivity contribution < 1.29 is 8.42 Å². The van der Waals surface area contributed by atoms with Gasteiger partial charge in [0.25, 0.3) is 0 Å². The molecule has 0 spiro atoms. The van der Waals surface area contributed by atoms with E-state index >= 15 is 0 Å². The summed E-state index contributed by atoms with van der Waals surface area (Å²) in [6.07, 6.45) is 1.49. The fourth-order valence-electron chi connectivity index (χ4n) is 3.33. The number of hydrogen-bond donors (Lipinski definition) is 1. The average Bonchev–Trinajstić information content (AvgIpc) is 2.68. The van der Waals surface area contributed by atoms with E-state index in [-0.39, 0.29) is 10.6 Å². The Morgan fingerprint density at radius 3 is 2.54 bits per heavy atom. The summed E-state index contributed by atoms with van der Waals surface area (Å²) in [5, 5.41) is 4.20. The number of para-hydroxylation sites is 1. The zero-order valence-electron chi connectivity index (χ0n) is 14.4. The van der Waals surface area contributed by atoms with Gasteiger partial charge in [-0.05, 0) is 17.7 Å². The molecule has 0 unspecified atom stereocenters. The maximum atomic E-state index is 12.8. The van der Waals surface area contributed by atoms with Crippen molar-refractivity contribution >= 4 is 26.4 Å². The van der Waals surface area contributed by atoms with Crippen molar-refractivity contribution in [3.05, 3.63) is 66.4 Å². The third-order valence-corrected chi connectivity index (χ3v) is 6.34. The molecule has 0 amide bonds. The fourth-order valence-corrected chi connectivity index (χ4v) is 4.65. The van der Waals surface area contributed by atoms with Crippen LogP contribution < -0.4 is 10.2 Å². The molecule has 1 aliphatic rings. The van der Waals surface area contributed by atoms with Crippen LogP contribution >= 0.6 is 0 Å². The molecule has 0 atom stereocenters. The number of nitrogens with zero attached hydrogens (tertiary/aromatic N) is 2. The van der Waals surface area contributed by atoms with Gasteiger partial charge in [-0.2, -0.15) is 0 Å². The van der Waals surface area contributed by atoms with Crippen molar-refractivity contribution in [3.8, 4) is 0 Å². The van der Waals surface area contributed by atoms with Gasteiger partial charge in [-0.3, -0.25) is 4.98 Å². The predicted octanol–water partition coefficient (Wildman–Crippen LogP) is 2.62. The van der Waals surface area contributed by atoms with Crippen LogP contribution in [0.5, 0.6) is 0 Å². The largest absolute Gasteiger partial charge is 0.367 e. The van der Waals surface area contributed by atoms with Gasteiger partial charge in [0.2, 0.25) is 0 Å². The summed E-state index contributed by atoms with van der Waals surface area (Å²) >= 11 is 0. The first-order chi connectivity index (χ1) is 12.6. The summed E-state index contributed by atoms with van der Waals surface area (Å²) in [7, 11) is -3.43. The molecule has 4 rings (SSSR count). The topological polar surface area (TPSA) is 62.3 Å². The summed E-state index contributed by atoms with van der Waals surface area (Å²) in [5.74, 6) is -0.0154. The minimum absolute atomic E-state index is 0.0154. The summed E-state index contributed by atoms with van der Waals surface area (Å²) in [5.41, 5.74) is 2.70. The molecule has 1 N–H and O–H groups in total. The van der Waals surface area contributed by atoms with Crippen LogP contribution in [0.2, 0.25) is 0 Å². The number of piperazine rings is 1. The molecular weight excluding hydrogens is 346 g/mol. The highest BCUT2D eigenvalue weighted by Gasteiger charge is 2.19. The van der Waals surface area contributed by atoms with Gasteiger partial charge in [-0.15, -0.1) is 0 Å². The number of aromatic nitrogens is 1. The fraction of sp³-hybridized carbons (Fsp3) is 0.250. The van der Waals surface area contributed by atoms with Crippen molar-refractivity contribution in [1.82, 2.24) is 10.3 Å². The van der Waals surface area contributed by atoms with E-state index in [1.165, 1.54) is 6.20 Å². The molecule has 1 aromatic heterocycles. The molecule has 0 bridgehead atoms.